The van der Waals surface area contributed by atoms with Gasteiger partial charge in [0.1, 0.15) is 0 Å². The number of nitrogens with zero attached hydrogens (tertiary/aromatic N) is 1. The average Bonchev–Trinajstić information content (AvgIpc) is 2.24. The predicted octanol–water partition coefficient (Wildman–Crippen LogP) is 2.25. The third-order valence-electron chi connectivity index (χ3n) is 3.17. The molecule has 0 aliphatic heterocycles. The van der Waals surface area contributed by atoms with E-state index in [1.54, 1.807) is 0 Å². The molecule has 0 saturated carbocycles. The Hall–Kier alpha value is -0.570. The summed E-state index contributed by atoms with van der Waals surface area (Å²) in [4.78, 5) is 13.7. The highest BCUT2D eigenvalue weighted by molar-refractivity contribution is 5.78. The molecule has 0 radical (unpaired) electrons. The Kier molecular flexibility index (Phi) is 7.39. The second-order valence-electron chi connectivity index (χ2n) is 5.15. The number of amides is 1. The second kappa shape index (κ2) is 7.66. The van der Waals surface area contributed by atoms with Crippen molar-refractivity contribution in [3.8, 4) is 0 Å². The van der Waals surface area contributed by atoms with E-state index < -0.39 is 0 Å². The topological polar surface area (TPSA) is 46.3 Å². The lowest BCUT2D eigenvalue weighted by Gasteiger charge is -2.24. The SMILES string of the molecule is CCCC(C)C(=O)N(C)CCC(N)C(C)C. The molecule has 3 heteroatoms. The van der Waals surface area contributed by atoms with E-state index in [0.29, 0.717) is 5.92 Å². The van der Waals surface area contributed by atoms with E-state index in [1.807, 2.05) is 18.9 Å². The highest BCUT2D eigenvalue weighted by Gasteiger charge is 2.17. The first-order valence-electron chi connectivity index (χ1n) is 6.40. The van der Waals surface area contributed by atoms with Crippen LogP contribution >= 0.6 is 0 Å². The lowest BCUT2D eigenvalue weighted by Crippen LogP contribution is -2.36. The van der Waals surface area contributed by atoms with Gasteiger partial charge in [-0.05, 0) is 18.8 Å². The molecule has 0 aromatic rings. The van der Waals surface area contributed by atoms with E-state index >= 15 is 0 Å². The Morgan fingerprint density at radius 1 is 1.25 bits per heavy atom. The van der Waals surface area contributed by atoms with E-state index in [4.69, 9.17) is 5.73 Å². The van der Waals surface area contributed by atoms with Gasteiger partial charge in [0.05, 0.1) is 0 Å². The van der Waals surface area contributed by atoms with Crippen LogP contribution in [0.2, 0.25) is 0 Å². The molecule has 0 rings (SSSR count). The molecule has 0 aromatic carbocycles. The van der Waals surface area contributed by atoms with Gasteiger partial charge in [-0.1, -0.05) is 34.1 Å². The summed E-state index contributed by atoms with van der Waals surface area (Å²) in [5.74, 6) is 0.875. The largest absolute Gasteiger partial charge is 0.345 e. The summed E-state index contributed by atoms with van der Waals surface area (Å²) in [5, 5.41) is 0. The quantitative estimate of drug-likeness (QED) is 0.726. The normalized spacial score (nSPS) is 14.9. The summed E-state index contributed by atoms with van der Waals surface area (Å²) >= 11 is 0. The summed E-state index contributed by atoms with van der Waals surface area (Å²) in [6.45, 7) is 9.12. The highest BCUT2D eigenvalue weighted by atomic mass is 16.2. The summed E-state index contributed by atoms with van der Waals surface area (Å²) in [7, 11) is 1.88. The van der Waals surface area contributed by atoms with Crippen molar-refractivity contribution in [3.05, 3.63) is 0 Å². The van der Waals surface area contributed by atoms with Crippen LogP contribution in [0.5, 0.6) is 0 Å². The van der Waals surface area contributed by atoms with Gasteiger partial charge in [0.2, 0.25) is 5.91 Å². The lowest BCUT2D eigenvalue weighted by molar-refractivity contribution is -0.134. The van der Waals surface area contributed by atoms with Crippen molar-refractivity contribution in [2.75, 3.05) is 13.6 Å². The van der Waals surface area contributed by atoms with Crippen molar-refractivity contribution in [2.45, 2.75) is 53.0 Å². The fourth-order valence-electron chi connectivity index (χ4n) is 1.72. The minimum Gasteiger partial charge on any atom is -0.345 e. The van der Waals surface area contributed by atoms with Crippen molar-refractivity contribution < 1.29 is 4.79 Å². The first-order valence-corrected chi connectivity index (χ1v) is 6.40. The van der Waals surface area contributed by atoms with E-state index in [2.05, 4.69) is 20.8 Å². The summed E-state index contributed by atoms with van der Waals surface area (Å²) in [5.41, 5.74) is 5.96. The van der Waals surface area contributed by atoms with E-state index in [9.17, 15) is 4.79 Å². The molecular weight excluding hydrogens is 200 g/mol. The number of hydrogen-bond acceptors (Lipinski definition) is 2. The molecule has 0 aliphatic carbocycles. The van der Waals surface area contributed by atoms with Gasteiger partial charge < -0.3 is 10.6 Å². The molecule has 16 heavy (non-hydrogen) atoms. The molecule has 0 fully saturated rings. The van der Waals surface area contributed by atoms with Gasteiger partial charge in [-0.25, -0.2) is 0 Å². The van der Waals surface area contributed by atoms with Crippen molar-refractivity contribution in [3.63, 3.8) is 0 Å². The molecule has 1 amide bonds. The first kappa shape index (κ1) is 15.4. The summed E-state index contributed by atoms with van der Waals surface area (Å²) in [6.07, 6.45) is 2.92. The number of carbonyl (C=O) groups is 1. The number of hydrogen-bond donors (Lipinski definition) is 1. The minimum absolute atomic E-state index is 0.144. The molecular formula is C13H28N2O. The molecule has 2 atom stereocenters. The number of rotatable bonds is 7. The molecule has 0 bridgehead atoms. The van der Waals surface area contributed by atoms with Gasteiger partial charge in [0, 0.05) is 25.6 Å². The monoisotopic (exact) mass is 228 g/mol. The number of carbonyl (C=O) groups excluding carboxylic acids is 1. The smallest absolute Gasteiger partial charge is 0.225 e. The maximum absolute atomic E-state index is 11.9. The fraction of sp³-hybridized carbons (Fsp3) is 0.923. The zero-order valence-electron chi connectivity index (χ0n) is 11.5. The van der Waals surface area contributed by atoms with E-state index in [-0.39, 0.29) is 17.9 Å². The first-order chi connectivity index (χ1) is 7.40. The van der Waals surface area contributed by atoms with Crippen LogP contribution in [0.1, 0.15) is 47.0 Å². The maximum Gasteiger partial charge on any atom is 0.225 e. The molecule has 2 unspecified atom stereocenters. The van der Waals surface area contributed by atoms with Crippen molar-refractivity contribution >= 4 is 5.91 Å². The molecule has 0 heterocycles. The standard InChI is InChI=1S/C13H28N2O/c1-6-7-11(4)13(16)15(5)9-8-12(14)10(2)3/h10-12H,6-9,14H2,1-5H3. The maximum atomic E-state index is 11.9. The van der Waals surface area contributed by atoms with Gasteiger partial charge in [-0.15, -0.1) is 0 Å². The van der Waals surface area contributed by atoms with Crippen LogP contribution in [-0.2, 0) is 4.79 Å². The van der Waals surface area contributed by atoms with Crippen molar-refractivity contribution in [1.29, 1.82) is 0 Å². The van der Waals surface area contributed by atoms with Gasteiger partial charge >= 0.3 is 0 Å². The van der Waals surface area contributed by atoms with Crippen molar-refractivity contribution in [2.24, 2.45) is 17.6 Å². The Labute approximate surface area is 100 Å². The Bertz CT molecular complexity index is 204. The molecule has 2 N–H and O–H groups in total. The van der Waals surface area contributed by atoms with E-state index in [0.717, 1.165) is 25.8 Å². The third-order valence-corrected chi connectivity index (χ3v) is 3.17. The minimum atomic E-state index is 0.144. The van der Waals surface area contributed by atoms with Crippen LogP contribution in [-0.4, -0.2) is 30.4 Å². The van der Waals surface area contributed by atoms with Crippen molar-refractivity contribution in [1.82, 2.24) is 4.90 Å². The Morgan fingerprint density at radius 2 is 1.81 bits per heavy atom. The molecule has 0 spiro atoms. The van der Waals surface area contributed by atoms with Crippen LogP contribution in [0.15, 0.2) is 0 Å². The van der Waals surface area contributed by atoms with Gasteiger partial charge in [0.25, 0.3) is 0 Å². The molecule has 3 nitrogen and oxygen atoms in total. The fourth-order valence-corrected chi connectivity index (χ4v) is 1.72. The average molecular weight is 228 g/mol. The third kappa shape index (κ3) is 5.50. The molecule has 0 aromatic heterocycles. The summed E-state index contributed by atoms with van der Waals surface area (Å²) < 4.78 is 0. The Balaban J connectivity index is 3.96. The zero-order chi connectivity index (χ0) is 12.7. The molecule has 0 saturated heterocycles. The van der Waals surface area contributed by atoms with Gasteiger partial charge in [-0.2, -0.15) is 0 Å². The van der Waals surface area contributed by atoms with E-state index in [1.165, 1.54) is 0 Å². The summed E-state index contributed by atoms with van der Waals surface area (Å²) in [6, 6.07) is 0.191. The van der Waals surface area contributed by atoms with Crippen LogP contribution in [0.25, 0.3) is 0 Å². The van der Waals surface area contributed by atoms with Crippen LogP contribution in [0, 0.1) is 11.8 Å². The Morgan fingerprint density at radius 3 is 2.25 bits per heavy atom. The van der Waals surface area contributed by atoms with Crippen LogP contribution < -0.4 is 5.73 Å². The highest BCUT2D eigenvalue weighted by Crippen LogP contribution is 2.10. The van der Waals surface area contributed by atoms with Gasteiger partial charge in [0.15, 0.2) is 0 Å². The van der Waals surface area contributed by atoms with Gasteiger partial charge in [-0.3, -0.25) is 4.79 Å². The molecule has 96 valence electrons. The number of nitrogens with two attached hydrogens (primary N) is 1. The lowest BCUT2D eigenvalue weighted by atomic mass is 10.0. The van der Waals surface area contributed by atoms with Crippen LogP contribution in [0.4, 0.5) is 0 Å². The second-order valence-corrected chi connectivity index (χ2v) is 5.15. The zero-order valence-corrected chi connectivity index (χ0v) is 11.5. The van der Waals surface area contributed by atoms with Crippen LogP contribution in [0.3, 0.4) is 0 Å². The molecule has 0 aliphatic rings. The predicted molar refractivity (Wildman–Crippen MR) is 69.1 cm³/mol.